The fourth-order valence-corrected chi connectivity index (χ4v) is 4.57. The van der Waals surface area contributed by atoms with Crippen LogP contribution >= 0.6 is 15.9 Å². The molecule has 2 heterocycles. The summed E-state index contributed by atoms with van der Waals surface area (Å²) in [7, 11) is 0. The van der Waals surface area contributed by atoms with Crippen LogP contribution in [-0.2, 0) is 11.2 Å². The number of nitrogens with one attached hydrogen (secondary N) is 1. The Bertz CT molecular complexity index is 873. The summed E-state index contributed by atoms with van der Waals surface area (Å²) < 4.78 is 1.02. The van der Waals surface area contributed by atoms with Gasteiger partial charge in [0.2, 0.25) is 5.91 Å². The average molecular weight is 445 g/mol. The van der Waals surface area contributed by atoms with E-state index >= 15 is 0 Å². The van der Waals surface area contributed by atoms with Crippen LogP contribution in [0, 0.1) is 20.8 Å². The van der Waals surface area contributed by atoms with Crippen molar-refractivity contribution in [3.8, 4) is 0 Å². The predicted molar refractivity (Wildman–Crippen MR) is 118 cm³/mol. The highest BCUT2D eigenvalue weighted by atomic mass is 79.9. The lowest BCUT2D eigenvalue weighted by molar-refractivity contribution is -0.118. The summed E-state index contributed by atoms with van der Waals surface area (Å²) in [5.41, 5.74) is 4.07. The number of aryl methyl sites for hydroxylation is 3. The molecule has 0 saturated heterocycles. The van der Waals surface area contributed by atoms with Crippen molar-refractivity contribution in [3.63, 3.8) is 0 Å². The molecule has 0 saturated carbocycles. The number of hydrogen-bond donors (Lipinski definition) is 1. The van der Waals surface area contributed by atoms with Crippen LogP contribution in [0.4, 0.5) is 17.3 Å². The lowest BCUT2D eigenvalue weighted by Crippen LogP contribution is -2.34. The normalized spacial score (nSPS) is 14.8. The first-order valence-corrected chi connectivity index (χ1v) is 10.8. The van der Waals surface area contributed by atoms with E-state index < -0.39 is 0 Å². The molecule has 3 rings (SSSR count). The Kier molecular flexibility index (Phi) is 6.38. The SMILES string of the molecule is CCCCC(C)Nc1nc(C)nc2c1CCC(=O)N2c1c(C)cc(Br)cc1C. The number of benzene rings is 1. The molecule has 1 aromatic carbocycles. The average Bonchev–Trinajstić information content (AvgIpc) is 2.61. The largest absolute Gasteiger partial charge is 0.367 e. The maximum absolute atomic E-state index is 13.0. The van der Waals surface area contributed by atoms with E-state index in [9.17, 15) is 4.79 Å². The van der Waals surface area contributed by atoms with Crippen LogP contribution in [0.5, 0.6) is 0 Å². The number of carbonyl (C=O) groups is 1. The predicted octanol–water partition coefficient (Wildman–Crippen LogP) is 5.77. The Morgan fingerprint density at radius 3 is 2.50 bits per heavy atom. The second-order valence-corrected chi connectivity index (χ2v) is 8.64. The van der Waals surface area contributed by atoms with E-state index in [2.05, 4.69) is 40.1 Å². The van der Waals surface area contributed by atoms with Crippen LogP contribution in [0.15, 0.2) is 16.6 Å². The number of fused-ring (bicyclic) bond motifs is 1. The summed E-state index contributed by atoms with van der Waals surface area (Å²) in [5.74, 6) is 2.36. The Hall–Kier alpha value is -1.95. The quantitative estimate of drug-likeness (QED) is 0.614. The molecule has 1 aliphatic heterocycles. The van der Waals surface area contributed by atoms with Gasteiger partial charge in [0.05, 0.1) is 5.69 Å². The second-order valence-electron chi connectivity index (χ2n) is 7.73. The van der Waals surface area contributed by atoms with Gasteiger partial charge in [-0.3, -0.25) is 9.69 Å². The van der Waals surface area contributed by atoms with E-state index in [0.29, 0.717) is 24.7 Å². The summed E-state index contributed by atoms with van der Waals surface area (Å²) in [6.45, 7) is 10.4. The third kappa shape index (κ3) is 4.22. The van der Waals surface area contributed by atoms with Crippen LogP contribution in [0.1, 0.15) is 62.0 Å². The van der Waals surface area contributed by atoms with Gasteiger partial charge in [-0.05, 0) is 63.8 Å². The zero-order valence-corrected chi connectivity index (χ0v) is 19.0. The highest BCUT2D eigenvalue weighted by molar-refractivity contribution is 9.10. The molecule has 1 aliphatic rings. The van der Waals surface area contributed by atoms with Crippen molar-refractivity contribution in [2.45, 2.75) is 72.8 Å². The van der Waals surface area contributed by atoms with Crippen molar-refractivity contribution in [2.75, 3.05) is 10.2 Å². The minimum atomic E-state index is 0.0871. The van der Waals surface area contributed by atoms with Gasteiger partial charge in [-0.2, -0.15) is 0 Å². The van der Waals surface area contributed by atoms with Gasteiger partial charge in [-0.25, -0.2) is 9.97 Å². The van der Waals surface area contributed by atoms with Gasteiger partial charge in [0.1, 0.15) is 17.5 Å². The van der Waals surface area contributed by atoms with E-state index in [1.807, 2.05) is 32.9 Å². The molecule has 0 spiro atoms. The Labute approximate surface area is 176 Å². The Morgan fingerprint density at radius 2 is 1.86 bits per heavy atom. The second kappa shape index (κ2) is 8.60. The van der Waals surface area contributed by atoms with Gasteiger partial charge in [-0.1, -0.05) is 35.7 Å². The smallest absolute Gasteiger partial charge is 0.233 e. The molecule has 6 heteroatoms. The molecule has 150 valence electrons. The minimum Gasteiger partial charge on any atom is -0.367 e. The number of aromatic nitrogens is 2. The van der Waals surface area contributed by atoms with Crippen molar-refractivity contribution in [3.05, 3.63) is 39.1 Å². The lowest BCUT2D eigenvalue weighted by Gasteiger charge is -2.32. The molecule has 0 bridgehead atoms. The molecule has 2 aromatic rings. The van der Waals surface area contributed by atoms with Crippen LogP contribution in [0.2, 0.25) is 0 Å². The third-order valence-corrected chi connectivity index (χ3v) is 5.66. The summed E-state index contributed by atoms with van der Waals surface area (Å²) in [6.07, 6.45) is 4.59. The van der Waals surface area contributed by atoms with Crippen molar-refractivity contribution in [1.82, 2.24) is 9.97 Å². The molecule has 1 atom stereocenters. The molecular weight excluding hydrogens is 416 g/mol. The highest BCUT2D eigenvalue weighted by Gasteiger charge is 2.32. The van der Waals surface area contributed by atoms with E-state index in [0.717, 1.165) is 44.9 Å². The van der Waals surface area contributed by atoms with Gasteiger partial charge in [-0.15, -0.1) is 0 Å². The number of carbonyl (C=O) groups excluding carboxylic acids is 1. The zero-order chi connectivity index (χ0) is 20.4. The number of hydrogen-bond acceptors (Lipinski definition) is 4. The van der Waals surface area contributed by atoms with E-state index in [1.165, 1.54) is 12.8 Å². The zero-order valence-electron chi connectivity index (χ0n) is 17.4. The fraction of sp³-hybridized carbons (Fsp3) is 0.500. The van der Waals surface area contributed by atoms with Crippen LogP contribution in [-0.4, -0.2) is 21.9 Å². The minimum absolute atomic E-state index is 0.0871. The summed E-state index contributed by atoms with van der Waals surface area (Å²) in [6, 6.07) is 4.42. The first-order valence-electron chi connectivity index (χ1n) is 10.1. The molecule has 0 radical (unpaired) electrons. The van der Waals surface area contributed by atoms with Crippen LogP contribution < -0.4 is 10.2 Å². The molecule has 5 nitrogen and oxygen atoms in total. The first-order chi connectivity index (χ1) is 13.3. The number of halogens is 1. The van der Waals surface area contributed by atoms with Gasteiger partial charge in [0, 0.05) is 22.5 Å². The number of rotatable bonds is 6. The van der Waals surface area contributed by atoms with E-state index in [1.54, 1.807) is 4.90 Å². The number of nitrogens with zero attached hydrogens (tertiary/aromatic N) is 3. The molecule has 1 N–H and O–H groups in total. The molecule has 0 aliphatic carbocycles. The van der Waals surface area contributed by atoms with Crippen molar-refractivity contribution < 1.29 is 4.79 Å². The van der Waals surface area contributed by atoms with Crippen molar-refractivity contribution >= 4 is 39.2 Å². The molecule has 28 heavy (non-hydrogen) atoms. The van der Waals surface area contributed by atoms with Gasteiger partial charge in [0.15, 0.2) is 0 Å². The third-order valence-electron chi connectivity index (χ3n) is 5.20. The molecule has 1 amide bonds. The van der Waals surface area contributed by atoms with Crippen molar-refractivity contribution in [2.24, 2.45) is 0 Å². The van der Waals surface area contributed by atoms with Gasteiger partial charge < -0.3 is 5.32 Å². The summed E-state index contributed by atoms with van der Waals surface area (Å²) in [5, 5.41) is 3.57. The maximum atomic E-state index is 13.0. The number of unbranched alkanes of at least 4 members (excludes halogenated alkanes) is 1. The first kappa shape index (κ1) is 20.8. The molecule has 1 unspecified atom stereocenters. The van der Waals surface area contributed by atoms with Crippen LogP contribution in [0.3, 0.4) is 0 Å². The summed E-state index contributed by atoms with van der Waals surface area (Å²) >= 11 is 3.55. The van der Waals surface area contributed by atoms with E-state index in [4.69, 9.17) is 4.98 Å². The van der Waals surface area contributed by atoms with E-state index in [-0.39, 0.29) is 5.91 Å². The topological polar surface area (TPSA) is 58.1 Å². The standard InChI is InChI=1S/C22H29BrN4O/c1-6-7-8-15(4)24-21-18-9-10-19(28)27(22(18)26-16(5)25-21)20-13(2)11-17(23)12-14(20)3/h11-12,15H,6-10H2,1-5H3,(H,24,25,26). The fourth-order valence-electron chi connectivity index (χ4n) is 3.88. The number of anilines is 3. The monoisotopic (exact) mass is 444 g/mol. The maximum Gasteiger partial charge on any atom is 0.233 e. The summed E-state index contributed by atoms with van der Waals surface area (Å²) in [4.78, 5) is 24.1. The Balaban J connectivity index is 2.08. The Morgan fingerprint density at radius 1 is 1.18 bits per heavy atom. The lowest BCUT2D eigenvalue weighted by atomic mass is 10.0. The number of amides is 1. The van der Waals surface area contributed by atoms with Crippen molar-refractivity contribution in [1.29, 1.82) is 0 Å². The van der Waals surface area contributed by atoms with Gasteiger partial charge >= 0.3 is 0 Å². The highest BCUT2D eigenvalue weighted by Crippen LogP contribution is 2.40. The van der Waals surface area contributed by atoms with Gasteiger partial charge in [0.25, 0.3) is 0 Å². The van der Waals surface area contributed by atoms with Crippen LogP contribution in [0.25, 0.3) is 0 Å². The molecule has 0 fully saturated rings. The molecular formula is C22H29BrN4O. The molecule has 1 aromatic heterocycles.